The van der Waals surface area contributed by atoms with Crippen LogP contribution in [0, 0.1) is 26.7 Å². The fraction of sp³-hybridized carbons (Fsp3) is 0.323. The van der Waals surface area contributed by atoms with Crippen LogP contribution in [0.1, 0.15) is 47.9 Å². The third-order valence-electron chi connectivity index (χ3n) is 8.48. The highest BCUT2D eigenvalue weighted by atomic mass is 15.0. The minimum atomic E-state index is 0.846. The van der Waals surface area contributed by atoms with E-state index in [1.54, 1.807) is 0 Å². The summed E-state index contributed by atoms with van der Waals surface area (Å²) in [4.78, 5) is 0. The Morgan fingerprint density at radius 1 is 0.879 bits per heavy atom. The van der Waals surface area contributed by atoms with Gasteiger partial charge < -0.3 is 4.40 Å². The van der Waals surface area contributed by atoms with Crippen molar-refractivity contribution in [3.8, 4) is 0 Å². The van der Waals surface area contributed by atoms with E-state index in [1.165, 1.54) is 103 Å². The second-order valence-corrected chi connectivity index (χ2v) is 10.7. The molecule has 0 amide bonds. The number of benzene rings is 3. The number of fused-ring (bicyclic) bond motifs is 5. The molecule has 0 N–H and O–H groups in total. The van der Waals surface area contributed by atoms with Crippen LogP contribution in [0.15, 0.2) is 48.7 Å². The molecule has 1 aliphatic rings. The first-order chi connectivity index (χ1) is 16.0. The van der Waals surface area contributed by atoms with Gasteiger partial charge in [-0.05, 0) is 78.9 Å². The van der Waals surface area contributed by atoms with Gasteiger partial charge in [0.05, 0.1) is 27.3 Å². The van der Waals surface area contributed by atoms with Crippen LogP contribution in [0.25, 0.3) is 49.0 Å². The van der Waals surface area contributed by atoms with Gasteiger partial charge in [0.2, 0.25) is 5.52 Å². The third-order valence-corrected chi connectivity index (χ3v) is 8.48. The Morgan fingerprint density at radius 3 is 2.52 bits per heavy atom. The fourth-order valence-corrected chi connectivity index (χ4v) is 6.74. The molecule has 2 heteroatoms. The fourth-order valence-electron chi connectivity index (χ4n) is 6.74. The zero-order valence-electron chi connectivity index (χ0n) is 20.1. The van der Waals surface area contributed by atoms with Gasteiger partial charge in [0.1, 0.15) is 7.05 Å². The van der Waals surface area contributed by atoms with Gasteiger partial charge in [-0.3, -0.25) is 0 Å². The summed E-state index contributed by atoms with van der Waals surface area (Å²) in [5.74, 6) is 0.846. The van der Waals surface area contributed by atoms with Crippen molar-refractivity contribution in [1.29, 1.82) is 0 Å². The van der Waals surface area contributed by atoms with Crippen molar-refractivity contribution < 1.29 is 4.57 Å². The van der Waals surface area contributed by atoms with Crippen LogP contribution in [0.2, 0.25) is 0 Å². The van der Waals surface area contributed by atoms with Crippen molar-refractivity contribution in [3.05, 3.63) is 70.9 Å². The molecule has 1 fully saturated rings. The van der Waals surface area contributed by atoms with Crippen LogP contribution in [-0.4, -0.2) is 4.40 Å². The van der Waals surface area contributed by atoms with Gasteiger partial charge in [-0.1, -0.05) is 43.9 Å². The van der Waals surface area contributed by atoms with Gasteiger partial charge in [-0.25, -0.2) is 4.57 Å². The molecule has 0 bridgehead atoms. The van der Waals surface area contributed by atoms with Crippen molar-refractivity contribution in [2.24, 2.45) is 13.0 Å². The molecule has 0 spiro atoms. The smallest absolute Gasteiger partial charge is 0.224 e. The Labute approximate surface area is 194 Å². The summed E-state index contributed by atoms with van der Waals surface area (Å²) in [7, 11) is 2.21. The van der Waals surface area contributed by atoms with E-state index in [0.717, 1.165) is 5.92 Å². The normalized spacial score (nSPS) is 15.4. The summed E-state index contributed by atoms with van der Waals surface area (Å²) in [6, 6.07) is 16.7. The van der Waals surface area contributed by atoms with E-state index in [4.69, 9.17) is 0 Å². The molecule has 2 nitrogen and oxygen atoms in total. The minimum Gasteiger partial charge on any atom is -0.307 e. The van der Waals surface area contributed by atoms with Crippen molar-refractivity contribution in [3.63, 3.8) is 0 Å². The SMILES string of the molecule is Cc1ccc2c3cc(C)c(C)c4c3n(c2c1)c1cc(CC2CCCC2)cc2cc[n+](C)c4c21. The standard InChI is InChI=1S/C31H31N2/c1-18-9-10-24-25-14-19(2)20(3)28-30(25)33(26(24)13-18)27-17-22(15-21-7-5-6-8-21)16-23-11-12-32(4)31(28)29(23)27/h9-14,16-17,21H,5-8,15H2,1-4H3/q+1. The van der Waals surface area contributed by atoms with Gasteiger partial charge in [0.25, 0.3) is 0 Å². The maximum atomic E-state index is 2.59. The molecule has 0 saturated heterocycles. The number of pyridine rings is 2. The summed E-state index contributed by atoms with van der Waals surface area (Å²) < 4.78 is 4.93. The largest absolute Gasteiger partial charge is 0.307 e. The third kappa shape index (κ3) is 2.58. The Morgan fingerprint density at radius 2 is 1.70 bits per heavy atom. The summed E-state index contributed by atoms with van der Waals surface area (Å²) in [5, 5.41) is 6.93. The van der Waals surface area contributed by atoms with Crippen LogP contribution in [-0.2, 0) is 13.5 Å². The Bertz CT molecular complexity index is 1730. The molecule has 3 heterocycles. The van der Waals surface area contributed by atoms with E-state index in [9.17, 15) is 0 Å². The lowest BCUT2D eigenvalue weighted by molar-refractivity contribution is -0.643. The van der Waals surface area contributed by atoms with Crippen molar-refractivity contribution >= 4 is 49.0 Å². The highest BCUT2D eigenvalue weighted by Gasteiger charge is 2.25. The number of nitrogens with zero attached hydrogens (tertiary/aromatic N) is 2. The average Bonchev–Trinajstić information content (AvgIpc) is 3.41. The minimum absolute atomic E-state index is 0.846. The maximum absolute atomic E-state index is 2.59. The van der Waals surface area contributed by atoms with Crippen LogP contribution in [0.4, 0.5) is 0 Å². The number of hydrogen-bond acceptors (Lipinski definition) is 0. The molecule has 1 aliphatic carbocycles. The van der Waals surface area contributed by atoms with E-state index in [1.807, 2.05) is 0 Å². The predicted octanol–water partition coefficient (Wildman–Crippen LogP) is 7.47. The first-order valence-electron chi connectivity index (χ1n) is 12.5. The molecule has 6 aromatic rings. The van der Waals surface area contributed by atoms with Crippen LogP contribution in [0.5, 0.6) is 0 Å². The lowest BCUT2D eigenvalue weighted by Gasteiger charge is -2.16. The highest BCUT2D eigenvalue weighted by Crippen LogP contribution is 2.42. The van der Waals surface area contributed by atoms with E-state index < -0.39 is 0 Å². The van der Waals surface area contributed by atoms with Gasteiger partial charge in [-0.2, -0.15) is 0 Å². The van der Waals surface area contributed by atoms with Gasteiger partial charge in [0, 0.05) is 16.8 Å². The first kappa shape index (κ1) is 19.3. The van der Waals surface area contributed by atoms with E-state index in [0.29, 0.717) is 0 Å². The summed E-state index contributed by atoms with van der Waals surface area (Å²) in [5.41, 5.74) is 11.0. The molecule has 164 valence electrons. The molecule has 0 unspecified atom stereocenters. The lowest BCUT2D eigenvalue weighted by Crippen LogP contribution is -2.29. The number of rotatable bonds is 2. The Balaban J connectivity index is 1.75. The zero-order valence-corrected chi connectivity index (χ0v) is 20.1. The van der Waals surface area contributed by atoms with E-state index in [-0.39, 0.29) is 0 Å². The zero-order chi connectivity index (χ0) is 22.4. The summed E-state index contributed by atoms with van der Waals surface area (Å²) >= 11 is 0. The second-order valence-electron chi connectivity index (χ2n) is 10.7. The molecular weight excluding hydrogens is 400 g/mol. The van der Waals surface area contributed by atoms with E-state index >= 15 is 0 Å². The first-order valence-corrected chi connectivity index (χ1v) is 12.5. The van der Waals surface area contributed by atoms with Crippen LogP contribution < -0.4 is 4.57 Å². The quantitative estimate of drug-likeness (QED) is 0.153. The topological polar surface area (TPSA) is 8.29 Å². The van der Waals surface area contributed by atoms with Gasteiger partial charge >= 0.3 is 0 Å². The molecule has 3 aromatic carbocycles. The molecule has 0 radical (unpaired) electrons. The van der Waals surface area contributed by atoms with Crippen molar-refractivity contribution in [2.45, 2.75) is 52.9 Å². The predicted molar refractivity (Wildman–Crippen MR) is 140 cm³/mol. The number of aromatic nitrogens is 2. The maximum Gasteiger partial charge on any atom is 0.224 e. The Kier molecular flexibility index (Phi) is 3.93. The molecule has 0 aliphatic heterocycles. The molecule has 3 aromatic heterocycles. The Hall–Kier alpha value is -3.13. The van der Waals surface area contributed by atoms with Crippen LogP contribution >= 0.6 is 0 Å². The van der Waals surface area contributed by atoms with Gasteiger partial charge in [-0.15, -0.1) is 0 Å². The molecular formula is C31H31N2+. The molecule has 7 rings (SSSR count). The molecule has 1 saturated carbocycles. The van der Waals surface area contributed by atoms with Crippen molar-refractivity contribution in [1.82, 2.24) is 4.40 Å². The van der Waals surface area contributed by atoms with Gasteiger partial charge in [0.15, 0.2) is 6.20 Å². The number of hydrogen-bond donors (Lipinski definition) is 0. The summed E-state index contributed by atoms with van der Waals surface area (Å²) in [6.07, 6.45) is 9.05. The van der Waals surface area contributed by atoms with Crippen LogP contribution in [0.3, 0.4) is 0 Å². The second kappa shape index (κ2) is 6.70. The van der Waals surface area contributed by atoms with E-state index in [2.05, 4.69) is 85.4 Å². The lowest BCUT2D eigenvalue weighted by atomic mass is 9.93. The molecule has 33 heavy (non-hydrogen) atoms. The summed E-state index contributed by atoms with van der Waals surface area (Å²) in [6.45, 7) is 6.78. The highest BCUT2D eigenvalue weighted by molar-refractivity contribution is 6.26. The van der Waals surface area contributed by atoms with Crippen molar-refractivity contribution in [2.75, 3.05) is 0 Å². The average molecular weight is 432 g/mol. The monoisotopic (exact) mass is 431 g/mol. The number of aryl methyl sites for hydroxylation is 4. The molecule has 0 atom stereocenters.